The molecule has 0 aliphatic heterocycles. The maximum Gasteiger partial charge on any atom is 0.326 e. The van der Waals surface area contributed by atoms with E-state index >= 15 is 0 Å². The van der Waals surface area contributed by atoms with E-state index in [1.165, 1.54) is 24.7 Å². The summed E-state index contributed by atoms with van der Waals surface area (Å²) in [6, 6.07) is 1.56. The molecule has 1 aromatic heterocycles. The molecule has 0 aliphatic rings. The molecule has 15 nitrogen and oxygen atoms in total. The Kier molecular flexibility index (Phi) is 13.2. The van der Waals surface area contributed by atoms with E-state index in [0.717, 1.165) is 0 Å². The summed E-state index contributed by atoms with van der Waals surface area (Å²) >= 11 is 0. The lowest BCUT2D eigenvalue weighted by Crippen LogP contribution is -2.59. The number of hydrogen-bond donors (Lipinski definition) is 9. The molecule has 2 rings (SSSR count). The summed E-state index contributed by atoms with van der Waals surface area (Å²) in [4.78, 5) is 62.2. The highest BCUT2D eigenvalue weighted by atomic mass is 16.4. The van der Waals surface area contributed by atoms with Gasteiger partial charge in [-0.2, -0.15) is 0 Å². The Balaban J connectivity index is 2.21. The zero-order valence-corrected chi connectivity index (χ0v) is 23.7. The largest absolute Gasteiger partial charge is 0.508 e. The van der Waals surface area contributed by atoms with Gasteiger partial charge in [0.1, 0.15) is 23.9 Å². The Bertz CT molecular complexity index is 1200. The van der Waals surface area contributed by atoms with Crippen molar-refractivity contribution in [2.45, 2.75) is 70.1 Å². The number of nitrogens with one attached hydrogen (secondary N) is 4. The van der Waals surface area contributed by atoms with Crippen molar-refractivity contribution in [3.8, 4) is 5.75 Å². The van der Waals surface area contributed by atoms with Crippen LogP contribution in [0.3, 0.4) is 0 Å². The number of phenolic OH excluding ortho intramolecular Hbond substituents is 1. The number of aliphatic carboxylic acids is 1. The average molecular weight is 588 g/mol. The van der Waals surface area contributed by atoms with Crippen LogP contribution in [0, 0.1) is 5.92 Å². The number of benzene rings is 1. The molecule has 0 saturated heterocycles. The van der Waals surface area contributed by atoms with Crippen LogP contribution in [0.15, 0.2) is 41.8 Å². The normalized spacial score (nSPS) is 14.5. The molecule has 0 saturated carbocycles. The number of hydrogen-bond acceptors (Lipinski definition) is 8. The quantitative estimate of drug-likeness (QED) is 0.0610. The SMILES string of the molecule is CCC(C)C(NC(=O)C(N)CCCN=C(N)N)C(=O)NC(Cc1ccc(O)cc1)C(=O)NC(Cc1cnc[nH]1)C(=O)O. The van der Waals surface area contributed by atoms with Crippen LogP contribution < -0.4 is 33.2 Å². The molecule has 12 N–H and O–H groups in total. The second kappa shape index (κ2) is 16.6. The van der Waals surface area contributed by atoms with Crippen LogP contribution >= 0.6 is 0 Å². The molecule has 0 bridgehead atoms. The number of imidazole rings is 1. The molecule has 230 valence electrons. The second-order valence-electron chi connectivity index (χ2n) is 10.0. The van der Waals surface area contributed by atoms with Crippen molar-refractivity contribution < 1.29 is 29.4 Å². The second-order valence-corrected chi connectivity index (χ2v) is 10.0. The van der Waals surface area contributed by atoms with Gasteiger partial charge in [0.25, 0.3) is 0 Å². The van der Waals surface area contributed by atoms with Gasteiger partial charge in [-0.15, -0.1) is 0 Å². The van der Waals surface area contributed by atoms with Crippen LogP contribution in [0.25, 0.3) is 0 Å². The van der Waals surface area contributed by atoms with Crippen molar-refractivity contribution in [2.24, 2.45) is 28.1 Å². The fourth-order valence-electron chi connectivity index (χ4n) is 4.04. The first kappa shape index (κ1) is 33.5. The third kappa shape index (κ3) is 11.1. The number of carboxylic acid groups (broad SMARTS) is 1. The number of nitrogens with two attached hydrogens (primary N) is 3. The number of carboxylic acids is 1. The first-order valence-corrected chi connectivity index (χ1v) is 13.6. The molecule has 15 heteroatoms. The minimum absolute atomic E-state index is 0.0142. The molecule has 2 aromatic rings. The van der Waals surface area contributed by atoms with Gasteiger partial charge in [0.2, 0.25) is 17.7 Å². The van der Waals surface area contributed by atoms with E-state index in [-0.39, 0.29) is 36.9 Å². The molecule has 0 fully saturated rings. The van der Waals surface area contributed by atoms with Crippen LogP contribution in [0.2, 0.25) is 0 Å². The smallest absolute Gasteiger partial charge is 0.326 e. The molecule has 0 radical (unpaired) electrons. The van der Waals surface area contributed by atoms with Crippen LogP contribution in [0.4, 0.5) is 0 Å². The predicted octanol–water partition coefficient (Wildman–Crippen LogP) is -1.13. The molecule has 0 spiro atoms. The minimum Gasteiger partial charge on any atom is -0.508 e. The van der Waals surface area contributed by atoms with Crippen molar-refractivity contribution in [2.75, 3.05) is 6.54 Å². The predicted molar refractivity (Wildman–Crippen MR) is 155 cm³/mol. The number of aromatic nitrogens is 2. The number of rotatable bonds is 17. The summed E-state index contributed by atoms with van der Waals surface area (Å²) in [6.07, 6.45) is 4.01. The lowest BCUT2D eigenvalue weighted by atomic mass is 9.96. The first-order valence-electron chi connectivity index (χ1n) is 13.6. The van der Waals surface area contributed by atoms with Crippen molar-refractivity contribution in [1.82, 2.24) is 25.9 Å². The summed E-state index contributed by atoms with van der Waals surface area (Å²) in [5.41, 5.74) is 17.7. The fraction of sp³-hybridized carbons (Fsp3) is 0.481. The minimum atomic E-state index is -1.31. The maximum atomic E-state index is 13.5. The number of H-pyrrole nitrogens is 1. The van der Waals surface area contributed by atoms with E-state index in [0.29, 0.717) is 30.6 Å². The van der Waals surface area contributed by atoms with Gasteiger partial charge >= 0.3 is 5.97 Å². The van der Waals surface area contributed by atoms with Crippen molar-refractivity contribution in [3.05, 3.63) is 48.0 Å². The number of guanidine groups is 1. The number of carbonyl (C=O) groups excluding carboxylic acids is 3. The zero-order valence-electron chi connectivity index (χ0n) is 23.7. The summed E-state index contributed by atoms with van der Waals surface area (Å²) in [6.45, 7) is 3.92. The highest BCUT2D eigenvalue weighted by Crippen LogP contribution is 2.14. The van der Waals surface area contributed by atoms with Crippen molar-refractivity contribution >= 4 is 29.7 Å². The van der Waals surface area contributed by atoms with Gasteiger partial charge in [-0.1, -0.05) is 32.4 Å². The van der Waals surface area contributed by atoms with Crippen molar-refractivity contribution in [1.29, 1.82) is 0 Å². The number of phenols is 1. The van der Waals surface area contributed by atoms with Gasteiger partial charge in [0.05, 0.1) is 12.4 Å². The molecular weight excluding hydrogens is 546 g/mol. The molecule has 3 amide bonds. The van der Waals surface area contributed by atoms with E-state index in [2.05, 4.69) is 30.9 Å². The Morgan fingerprint density at radius 2 is 1.67 bits per heavy atom. The molecule has 5 atom stereocenters. The standard InChI is InChI=1S/C27H41N9O6/c1-3-15(2)22(36-23(38)19(28)5-4-10-32-27(29)30)25(40)34-20(11-16-6-8-18(37)9-7-16)24(39)35-21(26(41)42)12-17-13-31-14-33-17/h6-9,13-15,19-22,37H,3-5,10-12,28H2,1-2H3,(H,31,33)(H,34,40)(H,35,39)(H,36,38)(H,41,42)(H4,29,30,32). The number of aromatic hydroxyl groups is 1. The lowest BCUT2D eigenvalue weighted by Gasteiger charge is -2.28. The van der Waals surface area contributed by atoms with Crippen LogP contribution in [0.5, 0.6) is 5.75 Å². The van der Waals surface area contributed by atoms with Gasteiger partial charge in [-0.25, -0.2) is 9.78 Å². The number of carbonyl (C=O) groups is 4. The fourth-order valence-corrected chi connectivity index (χ4v) is 4.04. The molecule has 42 heavy (non-hydrogen) atoms. The monoisotopic (exact) mass is 587 g/mol. The molecular formula is C27H41N9O6. The molecule has 0 aliphatic carbocycles. The van der Waals surface area contributed by atoms with Gasteiger partial charge in [0.15, 0.2) is 5.96 Å². The van der Waals surface area contributed by atoms with Gasteiger partial charge in [-0.05, 0) is 36.5 Å². The summed E-state index contributed by atoms with van der Waals surface area (Å²) < 4.78 is 0. The van der Waals surface area contributed by atoms with Crippen LogP contribution in [0.1, 0.15) is 44.4 Å². The van der Waals surface area contributed by atoms with E-state index in [4.69, 9.17) is 17.2 Å². The van der Waals surface area contributed by atoms with Crippen LogP contribution in [-0.4, -0.2) is 80.5 Å². The lowest BCUT2D eigenvalue weighted by molar-refractivity contribution is -0.142. The van der Waals surface area contributed by atoms with Crippen molar-refractivity contribution in [3.63, 3.8) is 0 Å². The zero-order chi connectivity index (χ0) is 31.2. The molecule has 1 heterocycles. The van der Waals surface area contributed by atoms with E-state index in [1.807, 2.05) is 6.92 Å². The molecule has 5 unspecified atom stereocenters. The van der Waals surface area contributed by atoms with Crippen LogP contribution in [-0.2, 0) is 32.0 Å². The Labute approximate surface area is 243 Å². The van der Waals surface area contributed by atoms with Gasteiger partial charge in [-0.3, -0.25) is 19.4 Å². The summed E-state index contributed by atoms with van der Waals surface area (Å²) in [7, 11) is 0. The summed E-state index contributed by atoms with van der Waals surface area (Å²) in [5.74, 6) is -3.57. The summed E-state index contributed by atoms with van der Waals surface area (Å²) in [5, 5.41) is 27.2. The Morgan fingerprint density at radius 1 is 1.00 bits per heavy atom. The van der Waals surface area contributed by atoms with E-state index in [9.17, 15) is 29.4 Å². The van der Waals surface area contributed by atoms with Gasteiger partial charge in [0, 0.05) is 31.3 Å². The first-order chi connectivity index (χ1) is 19.9. The van der Waals surface area contributed by atoms with E-state index < -0.39 is 47.9 Å². The average Bonchev–Trinajstić information content (AvgIpc) is 3.46. The highest BCUT2D eigenvalue weighted by molar-refractivity contribution is 5.94. The Hall–Kier alpha value is -4.66. The maximum absolute atomic E-state index is 13.5. The third-order valence-electron chi connectivity index (χ3n) is 6.70. The number of nitrogens with zero attached hydrogens (tertiary/aromatic N) is 2. The Morgan fingerprint density at radius 3 is 2.24 bits per heavy atom. The number of amides is 3. The third-order valence-corrected chi connectivity index (χ3v) is 6.70. The van der Waals surface area contributed by atoms with Gasteiger partial charge < -0.3 is 48.3 Å². The topological polar surface area (TPSA) is 264 Å². The number of aliphatic imine (C=N–C) groups is 1. The molecule has 1 aromatic carbocycles. The van der Waals surface area contributed by atoms with E-state index in [1.54, 1.807) is 19.1 Å². The highest BCUT2D eigenvalue weighted by Gasteiger charge is 2.32. The number of aromatic amines is 1.